The number of primary amides is 1. The molecule has 9 heteroatoms. The van der Waals surface area contributed by atoms with Crippen molar-refractivity contribution in [3.8, 4) is 0 Å². The molecule has 0 saturated heterocycles. The number of hydrogen-bond donors (Lipinski definition) is 2. The number of hydrogen-bond acceptors (Lipinski definition) is 5. The number of amides is 2. The number of nitrogens with zero attached hydrogens (tertiary/aromatic N) is 1. The fourth-order valence-electron chi connectivity index (χ4n) is 1.91. The summed E-state index contributed by atoms with van der Waals surface area (Å²) in [6.07, 6.45) is 0. The van der Waals surface area contributed by atoms with E-state index in [1.165, 1.54) is 13.0 Å². The third-order valence-corrected chi connectivity index (χ3v) is 3.49. The maximum atomic E-state index is 12.2. The molecule has 1 atom stereocenters. The molecule has 0 spiro atoms. The second-order valence-corrected chi connectivity index (χ2v) is 5.29. The average molecular weight is 338 g/mol. The zero-order chi connectivity index (χ0) is 17.2. The van der Waals surface area contributed by atoms with Crippen molar-refractivity contribution in [2.24, 2.45) is 5.73 Å². The van der Waals surface area contributed by atoms with E-state index in [-0.39, 0.29) is 5.76 Å². The van der Waals surface area contributed by atoms with Gasteiger partial charge >= 0.3 is 5.88 Å². The first kappa shape index (κ1) is 16.5. The molecule has 0 aliphatic heterocycles. The molecule has 0 saturated carbocycles. The molecule has 1 heterocycles. The zero-order valence-corrected chi connectivity index (χ0v) is 12.7. The summed E-state index contributed by atoms with van der Waals surface area (Å²) in [6.45, 7) is 1.40. The Kier molecular flexibility index (Phi) is 4.37. The predicted molar refractivity (Wildman–Crippen MR) is 80.8 cm³/mol. The molecule has 2 rings (SSSR count). The minimum Gasteiger partial charge on any atom is -0.395 e. The molecule has 0 aliphatic rings. The Hall–Kier alpha value is -2.87. The van der Waals surface area contributed by atoms with E-state index >= 15 is 0 Å². The monoisotopic (exact) mass is 337 g/mol. The number of furan rings is 1. The Morgan fingerprint density at radius 1 is 1.35 bits per heavy atom. The van der Waals surface area contributed by atoms with Gasteiger partial charge < -0.3 is 15.5 Å². The summed E-state index contributed by atoms with van der Waals surface area (Å²) in [4.78, 5) is 33.8. The van der Waals surface area contributed by atoms with E-state index in [2.05, 4.69) is 5.32 Å². The molecule has 120 valence electrons. The average Bonchev–Trinajstić information content (AvgIpc) is 2.97. The summed E-state index contributed by atoms with van der Waals surface area (Å²) in [5, 5.41) is 13.4. The topological polar surface area (TPSA) is 128 Å². The van der Waals surface area contributed by atoms with Crippen LogP contribution >= 0.6 is 11.6 Å². The third kappa shape index (κ3) is 3.32. The summed E-state index contributed by atoms with van der Waals surface area (Å²) < 4.78 is 4.80. The minimum atomic E-state index is -1.57. The van der Waals surface area contributed by atoms with Gasteiger partial charge in [0.25, 0.3) is 5.91 Å². The maximum Gasteiger partial charge on any atom is 0.433 e. The fourth-order valence-corrected chi connectivity index (χ4v) is 2.10. The molecule has 2 amide bonds. The van der Waals surface area contributed by atoms with Crippen LogP contribution in [0.15, 0.2) is 40.8 Å². The highest BCUT2D eigenvalue weighted by atomic mass is 35.5. The van der Waals surface area contributed by atoms with Crippen molar-refractivity contribution < 1.29 is 18.9 Å². The lowest BCUT2D eigenvalue weighted by atomic mass is 9.91. The number of rotatable bonds is 5. The van der Waals surface area contributed by atoms with Crippen LogP contribution < -0.4 is 11.1 Å². The van der Waals surface area contributed by atoms with E-state index < -0.39 is 28.2 Å². The second kappa shape index (κ2) is 6.09. The van der Waals surface area contributed by atoms with E-state index in [1.54, 1.807) is 18.2 Å². The Morgan fingerprint density at radius 2 is 2.04 bits per heavy atom. The van der Waals surface area contributed by atoms with Gasteiger partial charge in [-0.05, 0) is 30.7 Å². The summed E-state index contributed by atoms with van der Waals surface area (Å²) in [7, 11) is 0. The smallest absolute Gasteiger partial charge is 0.395 e. The van der Waals surface area contributed by atoms with Crippen molar-refractivity contribution in [3.05, 3.63) is 62.9 Å². The molecule has 3 N–H and O–H groups in total. The summed E-state index contributed by atoms with van der Waals surface area (Å²) in [5.41, 5.74) is 4.20. The van der Waals surface area contributed by atoms with Crippen LogP contribution in [0.3, 0.4) is 0 Å². The Balaban J connectivity index is 2.33. The molecular formula is C14H12ClN3O5. The van der Waals surface area contributed by atoms with E-state index in [9.17, 15) is 19.7 Å². The van der Waals surface area contributed by atoms with Gasteiger partial charge in [0.15, 0.2) is 5.76 Å². The second-order valence-electron chi connectivity index (χ2n) is 4.85. The van der Waals surface area contributed by atoms with Crippen molar-refractivity contribution in [2.75, 3.05) is 0 Å². The molecule has 8 nitrogen and oxygen atoms in total. The third-order valence-electron chi connectivity index (χ3n) is 3.25. The van der Waals surface area contributed by atoms with Gasteiger partial charge in [-0.2, -0.15) is 0 Å². The Labute approximate surface area is 135 Å². The fraction of sp³-hybridized carbons (Fsp3) is 0.143. The Bertz CT molecular complexity index is 788. The summed E-state index contributed by atoms with van der Waals surface area (Å²) in [6, 6.07) is 8.42. The van der Waals surface area contributed by atoms with Crippen LogP contribution in [-0.2, 0) is 10.3 Å². The number of halogens is 1. The normalized spacial score (nSPS) is 13.1. The van der Waals surface area contributed by atoms with Crippen LogP contribution in [0, 0.1) is 10.1 Å². The van der Waals surface area contributed by atoms with Crippen LogP contribution in [0.2, 0.25) is 5.02 Å². The van der Waals surface area contributed by atoms with Crippen molar-refractivity contribution >= 4 is 29.3 Å². The molecule has 1 aromatic carbocycles. The standard InChI is InChI=1S/C14H12ClN3O5/c1-14(13(16)20,8-3-2-4-9(15)7-8)17-12(19)10-5-6-11(23-10)18(21)22/h2-7H,1H3,(H2,16,20)(H,17,19). The molecule has 2 aromatic rings. The van der Waals surface area contributed by atoms with Gasteiger partial charge in [-0.25, -0.2) is 0 Å². The van der Waals surface area contributed by atoms with E-state index in [1.807, 2.05) is 0 Å². The molecule has 1 unspecified atom stereocenters. The van der Waals surface area contributed by atoms with Gasteiger partial charge in [-0.3, -0.25) is 19.7 Å². The number of nitro groups is 1. The van der Waals surface area contributed by atoms with Gasteiger partial charge in [-0.1, -0.05) is 23.7 Å². The SMILES string of the molecule is CC(NC(=O)c1ccc([N+](=O)[O-])o1)(C(N)=O)c1cccc(Cl)c1. The van der Waals surface area contributed by atoms with Crippen molar-refractivity contribution in [1.82, 2.24) is 5.32 Å². The number of nitrogens with two attached hydrogens (primary N) is 1. The van der Waals surface area contributed by atoms with Crippen LogP contribution in [-0.4, -0.2) is 16.7 Å². The quantitative estimate of drug-likeness (QED) is 0.636. The highest BCUT2D eigenvalue weighted by molar-refractivity contribution is 6.30. The minimum absolute atomic E-state index is 0.314. The van der Waals surface area contributed by atoms with Gasteiger partial charge in [0, 0.05) is 5.02 Å². The van der Waals surface area contributed by atoms with Crippen molar-refractivity contribution in [2.45, 2.75) is 12.5 Å². The van der Waals surface area contributed by atoms with Crippen LogP contribution in [0.5, 0.6) is 0 Å². The lowest BCUT2D eigenvalue weighted by Crippen LogP contribution is -2.52. The first-order valence-corrected chi connectivity index (χ1v) is 6.74. The number of carbonyl (C=O) groups is 2. The zero-order valence-electron chi connectivity index (χ0n) is 11.9. The van der Waals surface area contributed by atoms with Crippen LogP contribution in [0.1, 0.15) is 23.0 Å². The van der Waals surface area contributed by atoms with E-state index in [0.29, 0.717) is 10.6 Å². The molecule has 1 aromatic heterocycles. The van der Waals surface area contributed by atoms with Crippen LogP contribution in [0.25, 0.3) is 0 Å². The largest absolute Gasteiger partial charge is 0.433 e. The highest BCUT2D eigenvalue weighted by Gasteiger charge is 2.36. The van der Waals surface area contributed by atoms with Gasteiger partial charge in [0.2, 0.25) is 5.91 Å². The predicted octanol–water partition coefficient (Wildman–Crippen LogP) is 1.97. The number of carbonyl (C=O) groups excluding carboxylic acids is 2. The molecule has 0 radical (unpaired) electrons. The summed E-state index contributed by atoms with van der Waals surface area (Å²) >= 11 is 5.89. The number of nitrogens with one attached hydrogen (secondary N) is 1. The maximum absolute atomic E-state index is 12.2. The molecule has 0 bridgehead atoms. The molecule has 0 fully saturated rings. The molecule has 23 heavy (non-hydrogen) atoms. The summed E-state index contributed by atoms with van der Waals surface area (Å²) in [5.74, 6) is -2.54. The van der Waals surface area contributed by atoms with Crippen LogP contribution in [0.4, 0.5) is 5.88 Å². The van der Waals surface area contributed by atoms with Gasteiger partial charge in [0.1, 0.15) is 10.5 Å². The highest BCUT2D eigenvalue weighted by Crippen LogP contribution is 2.25. The number of benzene rings is 1. The Morgan fingerprint density at radius 3 is 2.57 bits per heavy atom. The molecule has 0 aliphatic carbocycles. The van der Waals surface area contributed by atoms with Crippen molar-refractivity contribution in [1.29, 1.82) is 0 Å². The first-order valence-electron chi connectivity index (χ1n) is 6.36. The lowest BCUT2D eigenvalue weighted by Gasteiger charge is -2.27. The van der Waals surface area contributed by atoms with Gasteiger partial charge in [-0.15, -0.1) is 0 Å². The van der Waals surface area contributed by atoms with Gasteiger partial charge in [0.05, 0.1) is 6.07 Å². The van der Waals surface area contributed by atoms with Crippen molar-refractivity contribution in [3.63, 3.8) is 0 Å². The first-order chi connectivity index (χ1) is 10.7. The van der Waals surface area contributed by atoms with E-state index in [4.69, 9.17) is 21.8 Å². The lowest BCUT2D eigenvalue weighted by molar-refractivity contribution is -0.402. The van der Waals surface area contributed by atoms with E-state index in [0.717, 1.165) is 12.1 Å². The molecular weight excluding hydrogens is 326 g/mol.